The van der Waals surface area contributed by atoms with Gasteiger partial charge in [0.25, 0.3) is 0 Å². The van der Waals surface area contributed by atoms with E-state index in [1.807, 2.05) is 46.7 Å². The summed E-state index contributed by atoms with van der Waals surface area (Å²) in [5.41, 5.74) is 3.40. The summed E-state index contributed by atoms with van der Waals surface area (Å²) >= 11 is 6.01. The molecule has 0 radical (unpaired) electrons. The lowest BCUT2D eigenvalue weighted by Crippen LogP contribution is -2.18. The van der Waals surface area contributed by atoms with E-state index >= 15 is 0 Å². The number of rotatable bonds is 5. The minimum absolute atomic E-state index is 0.0302. The lowest BCUT2D eigenvalue weighted by atomic mass is 9.91. The summed E-state index contributed by atoms with van der Waals surface area (Å²) in [4.78, 5) is 13.6. The Labute approximate surface area is 195 Å². The van der Waals surface area contributed by atoms with Gasteiger partial charge in [-0.15, -0.1) is 0 Å². The van der Waals surface area contributed by atoms with Gasteiger partial charge in [-0.05, 0) is 61.7 Å². The van der Waals surface area contributed by atoms with Crippen LogP contribution in [-0.2, 0) is 6.54 Å². The number of hydrogen-bond acceptors (Lipinski definition) is 5. The second kappa shape index (κ2) is 8.78. The van der Waals surface area contributed by atoms with Crippen LogP contribution in [-0.4, -0.2) is 36.4 Å². The molecule has 168 valence electrons. The molecule has 0 saturated heterocycles. The van der Waals surface area contributed by atoms with Crippen molar-refractivity contribution in [3.05, 3.63) is 82.3 Å². The fourth-order valence-corrected chi connectivity index (χ4v) is 4.27. The van der Waals surface area contributed by atoms with E-state index in [2.05, 4.69) is 15.1 Å². The van der Waals surface area contributed by atoms with Gasteiger partial charge in [0.05, 0.1) is 29.8 Å². The van der Waals surface area contributed by atoms with Crippen molar-refractivity contribution >= 4 is 23.8 Å². The number of pyridine rings is 1. The summed E-state index contributed by atoms with van der Waals surface area (Å²) in [5, 5.41) is 4.76. The fourth-order valence-electron chi connectivity index (χ4n) is 4.08. The van der Waals surface area contributed by atoms with Crippen LogP contribution in [0, 0.1) is 12.7 Å². The molecule has 9 heteroatoms. The van der Waals surface area contributed by atoms with Crippen LogP contribution in [0.3, 0.4) is 0 Å². The first-order valence-electron chi connectivity index (χ1n) is 10.7. The normalized spacial score (nSPS) is 15.7. The zero-order valence-corrected chi connectivity index (χ0v) is 19.0. The average Bonchev–Trinajstić information content (AvgIpc) is 3.45. The van der Waals surface area contributed by atoms with Gasteiger partial charge in [0.15, 0.2) is 5.82 Å². The SMILES string of the molecule is COc1nc(/C=C/c2nc3n(n2)CCC[C@H]3c2ccc(F)c(Cl)c2)ccc1-n1cnc(C)c1. The fraction of sp³-hybridized carbons (Fsp3) is 0.250. The van der Waals surface area contributed by atoms with Gasteiger partial charge in [0.2, 0.25) is 5.88 Å². The first-order chi connectivity index (χ1) is 16.0. The number of methoxy groups -OCH3 is 1. The Kier molecular flexibility index (Phi) is 5.68. The van der Waals surface area contributed by atoms with Crippen molar-refractivity contribution in [2.24, 2.45) is 0 Å². The van der Waals surface area contributed by atoms with Crippen molar-refractivity contribution in [2.75, 3.05) is 7.11 Å². The van der Waals surface area contributed by atoms with E-state index in [-0.39, 0.29) is 10.9 Å². The number of fused-ring (bicyclic) bond motifs is 1. The Bertz CT molecular complexity index is 1340. The lowest BCUT2D eigenvalue weighted by molar-refractivity contribution is 0.395. The summed E-state index contributed by atoms with van der Waals surface area (Å²) in [6, 6.07) is 8.70. The van der Waals surface area contributed by atoms with E-state index in [1.54, 1.807) is 25.6 Å². The van der Waals surface area contributed by atoms with Gasteiger partial charge < -0.3 is 9.30 Å². The predicted octanol–water partition coefficient (Wildman–Crippen LogP) is 5.06. The van der Waals surface area contributed by atoms with Gasteiger partial charge in [-0.25, -0.2) is 24.0 Å². The van der Waals surface area contributed by atoms with Gasteiger partial charge in [0, 0.05) is 18.7 Å². The molecule has 0 N–H and O–H groups in total. The Hall–Kier alpha value is -3.52. The quantitative estimate of drug-likeness (QED) is 0.412. The van der Waals surface area contributed by atoms with Crippen molar-refractivity contribution < 1.29 is 9.13 Å². The lowest BCUT2D eigenvalue weighted by Gasteiger charge is -2.22. The summed E-state index contributed by atoms with van der Waals surface area (Å²) < 4.78 is 22.9. The van der Waals surface area contributed by atoms with Crippen LogP contribution in [0.2, 0.25) is 5.02 Å². The number of aromatic nitrogens is 6. The molecule has 7 nitrogen and oxygen atoms in total. The molecule has 3 aromatic heterocycles. The number of imidazole rings is 1. The molecule has 0 amide bonds. The van der Waals surface area contributed by atoms with Crippen LogP contribution in [0.25, 0.3) is 17.8 Å². The van der Waals surface area contributed by atoms with Crippen molar-refractivity contribution in [3.8, 4) is 11.6 Å². The maximum absolute atomic E-state index is 13.6. The largest absolute Gasteiger partial charge is 0.479 e. The molecule has 0 fully saturated rings. The second-order valence-electron chi connectivity index (χ2n) is 7.94. The Morgan fingerprint density at radius 3 is 2.82 bits per heavy atom. The van der Waals surface area contributed by atoms with Crippen LogP contribution in [0.4, 0.5) is 4.39 Å². The Balaban J connectivity index is 1.41. The maximum atomic E-state index is 13.6. The zero-order valence-electron chi connectivity index (χ0n) is 18.2. The molecular weight excluding hydrogens is 443 g/mol. The van der Waals surface area contributed by atoms with Gasteiger partial charge >= 0.3 is 0 Å². The Morgan fingerprint density at radius 2 is 2.06 bits per heavy atom. The molecule has 0 saturated carbocycles. The molecule has 4 aromatic rings. The van der Waals surface area contributed by atoms with Crippen LogP contribution < -0.4 is 4.74 Å². The zero-order chi connectivity index (χ0) is 22.9. The van der Waals surface area contributed by atoms with E-state index in [4.69, 9.17) is 21.3 Å². The van der Waals surface area contributed by atoms with E-state index in [0.29, 0.717) is 11.7 Å². The molecule has 4 heterocycles. The molecule has 5 rings (SSSR count). The van der Waals surface area contributed by atoms with Gasteiger partial charge in [-0.3, -0.25) is 0 Å². The van der Waals surface area contributed by atoms with E-state index < -0.39 is 5.82 Å². The predicted molar refractivity (Wildman–Crippen MR) is 124 cm³/mol. The number of halogens is 2. The monoisotopic (exact) mass is 464 g/mol. The van der Waals surface area contributed by atoms with Crippen molar-refractivity contribution in [2.45, 2.75) is 32.2 Å². The van der Waals surface area contributed by atoms with Crippen molar-refractivity contribution in [3.63, 3.8) is 0 Å². The third-order valence-electron chi connectivity index (χ3n) is 5.69. The van der Waals surface area contributed by atoms with E-state index in [1.165, 1.54) is 6.07 Å². The molecule has 0 aliphatic carbocycles. The van der Waals surface area contributed by atoms with Gasteiger partial charge in [-0.2, -0.15) is 5.10 Å². The highest BCUT2D eigenvalue weighted by atomic mass is 35.5. The van der Waals surface area contributed by atoms with Crippen LogP contribution in [0.15, 0.2) is 42.9 Å². The number of hydrogen-bond donors (Lipinski definition) is 0. The molecule has 33 heavy (non-hydrogen) atoms. The number of benzene rings is 1. The molecule has 1 aliphatic heterocycles. The first kappa shape index (κ1) is 21.3. The molecule has 1 atom stereocenters. The summed E-state index contributed by atoms with van der Waals surface area (Å²) in [5.74, 6) is 1.57. The third-order valence-corrected chi connectivity index (χ3v) is 5.97. The average molecular weight is 465 g/mol. The molecule has 0 unspecified atom stereocenters. The van der Waals surface area contributed by atoms with Crippen LogP contribution >= 0.6 is 11.6 Å². The molecular formula is C24H22ClFN6O. The van der Waals surface area contributed by atoms with E-state index in [9.17, 15) is 4.39 Å². The number of nitrogens with zero attached hydrogens (tertiary/aromatic N) is 6. The molecule has 0 bridgehead atoms. The number of ether oxygens (including phenoxy) is 1. The highest BCUT2D eigenvalue weighted by Crippen LogP contribution is 2.34. The summed E-state index contributed by atoms with van der Waals surface area (Å²) in [6.07, 6.45) is 9.22. The van der Waals surface area contributed by atoms with Gasteiger partial charge in [0.1, 0.15) is 17.3 Å². The minimum Gasteiger partial charge on any atom is -0.479 e. The highest BCUT2D eigenvalue weighted by molar-refractivity contribution is 6.30. The minimum atomic E-state index is -0.418. The third kappa shape index (κ3) is 4.26. The van der Waals surface area contributed by atoms with E-state index in [0.717, 1.165) is 47.8 Å². The standard InChI is InChI=1S/C24H22ClFN6O/c1-15-13-31(14-27-15)21-9-6-17(28-24(21)33-2)7-10-22-29-23-18(4-3-11-32(23)30-22)16-5-8-20(26)19(25)12-16/h5-10,12-14,18H,3-4,11H2,1-2H3/b10-7+/t18-/m0/s1. The Morgan fingerprint density at radius 1 is 1.18 bits per heavy atom. The highest BCUT2D eigenvalue weighted by Gasteiger charge is 2.26. The topological polar surface area (TPSA) is 70.7 Å². The molecule has 1 aromatic carbocycles. The van der Waals surface area contributed by atoms with Crippen LogP contribution in [0.5, 0.6) is 5.88 Å². The van der Waals surface area contributed by atoms with Crippen LogP contribution in [0.1, 0.15) is 47.4 Å². The first-order valence-corrected chi connectivity index (χ1v) is 11.0. The summed E-state index contributed by atoms with van der Waals surface area (Å²) in [7, 11) is 1.59. The number of aryl methyl sites for hydroxylation is 2. The van der Waals surface area contributed by atoms with Crippen molar-refractivity contribution in [1.82, 2.24) is 29.3 Å². The van der Waals surface area contributed by atoms with Gasteiger partial charge in [-0.1, -0.05) is 17.7 Å². The second-order valence-corrected chi connectivity index (χ2v) is 8.35. The molecule has 0 spiro atoms. The smallest absolute Gasteiger partial charge is 0.238 e. The molecule has 1 aliphatic rings. The summed E-state index contributed by atoms with van der Waals surface area (Å²) in [6.45, 7) is 2.73. The maximum Gasteiger partial charge on any atom is 0.238 e. The van der Waals surface area contributed by atoms with Crippen molar-refractivity contribution in [1.29, 1.82) is 0 Å².